The maximum absolute atomic E-state index is 13.2. The number of carbonyl (C=O) groups excluding carboxylic acids is 1. The highest BCUT2D eigenvalue weighted by Crippen LogP contribution is 2.31. The average molecular weight is 382 g/mol. The third kappa shape index (κ3) is 4.10. The molecule has 1 aromatic carbocycles. The molecule has 2 N–H and O–H groups in total. The second-order valence-electron chi connectivity index (χ2n) is 8.21. The Morgan fingerprint density at radius 1 is 1.08 bits per heavy atom. The number of aryl methyl sites for hydroxylation is 2. The lowest BCUT2D eigenvalue weighted by molar-refractivity contribution is -0.123. The largest absolute Gasteiger partial charge is 0.368 e. The predicted octanol–water partition coefficient (Wildman–Crippen LogP) is 1.78. The Morgan fingerprint density at radius 3 is 1.92 bits per heavy atom. The molecule has 146 valence electrons. The first-order valence-corrected chi connectivity index (χ1v) is 10.4. The molecule has 6 nitrogen and oxygen atoms in total. The lowest BCUT2D eigenvalue weighted by Crippen LogP contribution is -2.54. The van der Waals surface area contributed by atoms with Crippen LogP contribution < -0.4 is 5.73 Å². The van der Waals surface area contributed by atoms with Crippen LogP contribution in [0.3, 0.4) is 0 Å². The highest BCUT2D eigenvalue weighted by molar-refractivity contribution is 7.89. The minimum Gasteiger partial charge on any atom is -0.368 e. The van der Waals surface area contributed by atoms with Crippen LogP contribution in [0.2, 0.25) is 0 Å². The Kier molecular flexibility index (Phi) is 5.85. The molecule has 1 fully saturated rings. The van der Waals surface area contributed by atoms with Crippen LogP contribution in [0.4, 0.5) is 0 Å². The first kappa shape index (κ1) is 20.9. The molecule has 1 aliphatic rings. The van der Waals surface area contributed by atoms with Crippen LogP contribution in [0.15, 0.2) is 17.0 Å². The van der Waals surface area contributed by atoms with Gasteiger partial charge >= 0.3 is 0 Å². The summed E-state index contributed by atoms with van der Waals surface area (Å²) in [6.45, 7) is 13.6. The summed E-state index contributed by atoms with van der Waals surface area (Å²) in [5.74, 6) is -0.384. The summed E-state index contributed by atoms with van der Waals surface area (Å²) in [4.78, 5) is 13.7. The van der Waals surface area contributed by atoms with Crippen molar-refractivity contribution in [3.05, 3.63) is 28.8 Å². The molecule has 1 saturated heterocycles. The molecule has 0 bridgehead atoms. The Bertz CT molecular complexity index is 766. The van der Waals surface area contributed by atoms with E-state index in [-0.39, 0.29) is 17.4 Å². The monoisotopic (exact) mass is 381 g/mol. The van der Waals surface area contributed by atoms with Crippen molar-refractivity contribution in [2.24, 2.45) is 5.73 Å². The van der Waals surface area contributed by atoms with E-state index in [1.807, 2.05) is 30.9 Å². The van der Waals surface area contributed by atoms with Gasteiger partial charge in [-0.05, 0) is 42.9 Å². The Morgan fingerprint density at radius 2 is 1.54 bits per heavy atom. The maximum atomic E-state index is 13.2. The molecule has 0 spiro atoms. The van der Waals surface area contributed by atoms with Gasteiger partial charge in [0.25, 0.3) is 0 Å². The van der Waals surface area contributed by atoms with Gasteiger partial charge < -0.3 is 5.73 Å². The summed E-state index contributed by atoms with van der Waals surface area (Å²) in [6.07, 6.45) is 0. The molecule has 0 saturated carbocycles. The number of benzene rings is 1. The van der Waals surface area contributed by atoms with E-state index < -0.39 is 10.0 Å². The summed E-state index contributed by atoms with van der Waals surface area (Å²) in [7, 11) is -3.56. The molecule has 1 heterocycles. The van der Waals surface area contributed by atoms with Crippen molar-refractivity contribution < 1.29 is 13.2 Å². The van der Waals surface area contributed by atoms with Crippen LogP contribution >= 0.6 is 0 Å². The van der Waals surface area contributed by atoms with E-state index >= 15 is 0 Å². The van der Waals surface area contributed by atoms with E-state index in [0.717, 1.165) is 16.7 Å². The number of nitrogens with zero attached hydrogens (tertiary/aromatic N) is 2. The lowest BCUT2D eigenvalue weighted by Gasteiger charge is -2.36. The van der Waals surface area contributed by atoms with Gasteiger partial charge in [-0.1, -0.05) is 32.9 Å². The number of hydrogen-bond acceptors (Lipinski definition) is 4. The molecule has 2 rings (SSSR count). The summed E-state index contributed by atoms with van der Waals surface area (Å²) in [6, 6.07) is 3.57. The van der Waals surface area contributed by atoms with Gasteiger partial charge in [0.15, 0.2) is 0 Å². The Balaban J connectivity index is 2.28. The fourth-order valence-corrected chi connectivity index (χ4v) is 5.26. The summed E-state index contributed by atoms with van der Waals surface area (Å²) in [5, 5.41) is 0. The van der Waals surface area contributed by atoms with E-state index in [1.54, 1.807) is 6.92 Å². The smallest absolute Gasteiger partial charge is 0.243 e. The van der Waals surface area contributed by atoms with Crippen molar-refractivity contribution in [3.63, 3.8) is 0 Å². The second kappa shape index (κ2) is 7.29. The van der Waals surface area contributed by atoms with Crippen molar-refractivity contribution in [2.75, 3.05) is 26.2 Å². The molecule has 1 aromatic rings. The van der Waals surface area contributed by atoms with E-state index in [2.05, 4.69) is 20.8 Å². The molecular formula is C19H31N3O3S. The minimum absolute atomic E-state index is 0.0334. The molecule has 1 aliphatic heterocycles. The number of rotatable bonds is 4. The van der Waals surface area contributed by atoms with Crippen molar-refractivity contribution in [1.82, 2.24) is 9.21 Å². The zero-order chi connectivity index (χ0) is 19.9. The van der Waals surface area contributed by atoms with Gasteiger partial charge in [-0.2, -0.15) is 4.31 Å². The van der Waals surface area contributed by atoms with Crippen molar-refractivity contribution >= 4 is 15.9 Å². The van der Waals surface area contributed by atoms with Gasteiger partial charge in [0, 0.05) is 26.2 Å². The van der Waals surface area contributed by atoms with Crippen LogP contribution in [-0.4, -0.2) is 55.8 Å². The molecule has 0 unspecified atom stereocenters. The first-order valence-electron chi connectivity index (χ1n) is 9.01. The maximum Gasteiger partial charge on any atom is 0.243 e. The fourth-order valence-electron chi connectivity index (χ4n) is 3.43. The van der Waals surface area contributed by atoms with Crippen molar-refractivity contribution in [2.45, 2.75) is 57.9 Å². The summed E-state index contributed by atoms with van der Waals surface area (Å²) < 4.78 is 27.9. The zero-order valence-corrected chi connectivity index (χ0v) is 17.5. The molecule has 26 heavy (non-hydrogen) atoms. The molecule has 1 amide bonds. The van der Waals surface area contributed by atoms with Crippen LogP contribution in [0.25, 0.3) is 0 Å². The Labute approximate surface area is 157 Å². The fraction of sp³-hybridized carbons (Fsp3) is 0.632. The SMILES string of the molecule is Cc1cc(C(C)(C)C)cc(C)c1S(=O)(=O)N1CCN([C@H](C)C(N)=O)CC1. The van der Waals surface area contributed by atoms with Gasteiger partial charge in [-0.3, -0.25) is 9.69 Å². The molecule has 0 aromatic heterocycles. The number of piperazine rings is 1. The predicted molar refractivity (Wildman–Crippen MR) is 104 cm³/mol. The Hall–Kier alpha value is -1.44. The van der Waals surface area contributed by atoms with Crippen LogP contribution in [-0.2, 0) is 20.2 Å². The van der Waals surface area contributed by atoms with Crippen LogP contribution in [0.1, 0.15) is 44.4 Å². The third-order valence-corrected chi connectivity index (χ3v) is 7.36. The van der Waals surface area contributed by atoms with Gasteiger partial charge in [-0.15, -0.1) is 0 Å². The number of nitrogens with two attached hydrogens (primary N) is 1. The van der Waals surface area contributed by atoms with Gasteiger partial charge in [-0.25, -0.2) is 8.42 Å². The first-order chi connectivity index (χ1) is 11.9. The summed E-state index contributed by atoms with van der Waals surface area (Å²) >= 11 is 0. The highest BCUT2D eigenvalue weighted by Gasteiger charge is 2.33. The number of hydrogen-bond donors (Lipinski definition) is 1. The van der Waals surface area contributed by atoms with Gasteiger partial charge in [0.05, 0.1) is 10.9 Å². The van der Waals surface area contributed by atoms with E-state index in [0.29, 0.717) is 31.1 Å². The van der Waals surface area contributed by atoms with Crippen molar-refractivity contribution in [1.29, 1.82) is 0 Å². The van der Waals surface area contributed by atoms with Crippen LogP contribution in [0, 0.1) is 13.8 Å². The number of carbonyl (C=O) groups is 1. The normalized spacial score (nSPS) is 18.7. The molecule has 0 radical (unpaired) electrons. The molecule has 1 atom stereocenters. The molecule has 7 heteroatoms. The average Bonchev–Trinajstić information content (AvgIpc) is 2.52. The molecule has 0 aliphatic carbocycles. The van der Waals surface area contributed by atoms with Crippen LogP contribution in [0.5, 0.6) is 0 Å². The lowest BCUT2D eigenvalue weighted by atomic mass is 9.85. The number of sulfonamides is 1. The van der Waals surface area contributed by atoms with Gasteiger partial charge in [0.1, 0.15) is 0 Å². The standard InChI is InChI=1S/C19H31N3O3S/c1-13-11-16(19(4,5)6)12-14(2)17(13)26(24,25)22-9-7-21(8-10-22)15(3)18(20)23/h11-12,15H,7-10H2,1-6H3,(H2,20,23)/t15-/m1/s1. The van der Waals surface area contributed by atoms with Gasteiger partial charge in [0.2, 0.25) is 15.9 Å². The highest BCUT2D eigenvalue weighted by atomic mass is 32.2. The minimum atomic E-state index is -3.56. The number of amides is 1. The quantitative estimate of drug-likeness (QED) is 0.862. The zero-order valence-electron chi connectivity index (χ0n) is 16.7. The molecular weight excluding hydrogens is 350 g/mol. The van der Waals surface area contributed by atoms with E-state index in [1.165, 1.54) is 4.31 Å². The number of primary amides is 1. The topological polar surface area (TPSA) is 83.7 Å². The third-order valence-electron chi connectivity index (χ3n) is 5.16. The van der Waals surface area contributed by atoms with E-state index in [9.17, 15) is 13.2 Å². The second-order valence-corrected chi connectivity index (χ2v) is 10.1. The van der Waals surface area contributed by atoms with Crippen molar-refractivity contribution in [3.8, 4) is 0 Å². The van der Waals surface area contributed by atoms with E-state index in [4.69, 9.17) is 5.73 Å². The summed E-state index contributed by atoms with van der Waals surface area (Å²) in [5.41, 5.74) is 8.01.